The molecule has 0 amide bonds. The smallest absolute Gasteiger partial charge is 0.0363 e. The van der Waals surface area contributed by atoms with Crippen LogP contribution in [0.2, 0.25) is 0 Å². The molecule has 0 fully saturated rings. The minimum absolute atomic E-state index is 1.19. The highest BCUT2D eigenvalue weighted by atomic mass is 15.1. The average molecular weight is 556 g/mol. The number of benzene rings is 1. The van der Waals surface area contributed by atoms with Crippen LogP contribution in [0.5, 0.6) is 0 Å². The summed E-state index contributed by atoms with van der Waals surface area (Å²) in [6.45, 7) is 5.80. The number of nitrogens with zero attached hydrogens (tertiary/aromatic N) is 1. The van der Waals surface area contributed by atoms with Gasteiger partial charge in [0.1, 0.15) is 0 Å². The van der Waals surface area contributed by atoms with Crippen LogP contribution in [0.4, 0.5) is 5.69 Å². The van der Waals surface area contributed by atoms with Crippen molar-refractivity contribution in [1.29, 1.82) is 0 Å². The largest absolute Gasteiger partial charge is 0.375 e. The first-order valence-electron chi connectivity index (χ1n) is 18.6. The highest BCUT2D eigenvalue weighted by Crippen LogP contribution is 2.18. The molecule has 1 heteroatoms. The van der Waals surface area contributed by atoms with Crippen molar-refractivity contribution >= 4 is 5.69 Å². The zero-order chi connectivity index (χ0) is 28.8. The molecule has 0 bridgehead atoms. The maximum absolute atomic E-state index is 2.46. The second-order valence-corrected chi connectivity index (χ2v) is 13.0. The van der Waals surface area contributed by atoms with E-state index < -0.39 is 0 Å². The zero-order valence-corrected chi connectivity index (χ0v) is 28.0. The van der Waals surface area contributed by atoms with Crippen LogP contribution >= 0.6 is 0 Å². The van der Waals surface area contributed by atoms with Gasteiger partial charge in [0.25, 0.3) is 0 Å². The molecular formula is C39H73N. The molecule has 234 valence electrons. The summed E-state index contributed by atoms with van der Waals surface area (Å²) in [5, 5.41) is 0. The van der Waals surface area contributed by atoms with Crippen LogP contribution in [0.25, 0.3) is 0 Å². The molecule has 0 aromatic heterocycles. The Balaban J connectivity index is 1.89. The van der Waals surface area contributed by atoms with E-state index in [4.69, 9.17) is 0 Å². The average Bonchev–Trinajstić information content (AvgIpc) is 2.97. The topological polar surface area (TPSA) is 3.24 Å². The van der Waals surface area contributed by atoms with Crippen molar-refractivity contribution in [1.82, 2.24) is 0 Å². The summed E-state index contributed by atoms with van der Waals surface area (Å²) < 4.78 is 0. The quantitative estimate of drug-likeness (QED) is 0.0823. The van der Waals surface area contributed by atoms with Crippen molar-refractivity contribution in [3.8, 4) is 0 Å². The fourth-order valence-electron chi connectivity index (χ4n) is 6.11. The van der Waals surface area contributed by atoms with Crippen molar-refractivity contribution in [2.45, 2.75) is 200 Å². The second kappa shape index (κ2) is 29.5. The predicted molar refractivity (Wildman–Crippen MR) is 184 cm³/mol. The highest BCUT2D eigenvalue weighted by molar-refractivity contribution is 5.46. The Morgan fingerprint density at radius 2 is 0.675 bits per heavy atom. The lowest BCUT2D eigenvalue weighted by molar-refractivity contribution is 0.529. The number of rotatable bonds is 31. The minimum Gasteiger partial charge on any atom is -0.375 e. The van der Waals surface area contributed by atoms with Gasteiger partial charge in [-0.1, -0.05) is 193 Å². The first-order valence-corrected chi connectivity index (χ1v) is 18.6. The van der Waals surface area contributed by atoms with Crippen LogP contribution in [-0.2, 0) is 6.42 Å². The SMILES string of the molecule is CCCCCCCCCCCCCCCCCCN(C)c1ccc(CCCCCCCCCCCCCC)cc1. The molecule has 0 atom stereocenters. The third-order valence-corrected chi connectivity index (χ3v) is 9.04. The third kappa shape index (κ3) is 23.7. The van der Waals surface area contributed by atoms with Crippen molar-refractivity contribution in [2.24, 2.45) is 0 Å². The van der Waals surface area contributed by atoms with Gasteiger partial charge in [-0.25, -0.2) is 0 Å². The molecule has 0 radical (unpaired) electrons. The fourth-order valence-corrected chi connectivity index (χ4v) is 6.11. The number of hydrogen-bond acceptors (Lipinski definition) is 1. The highest BCUT2D eigenvalue weighted by Gasteiger charge is 2.02. The molecule has 40 heavy (non-hydrogen) atoms. The molecule has 0 saturated carbocycles. The Hall–Kier alpha value is -0.980. The van der Waals surface area contributed by atoms with Gasteiger partial charge in [0.2, 0.25) is 0 Å². The molecule has 0 aliphatic heterocycles. The predicted octanol–water partition coefficient (Wildman–Crippen LogP) is 13.6. The molecule has 0 aliphatic rings. The maximum atomic E-state index is 2.46. The third-order valence-electron chi connectivity index (χ3n) is 9.04. The summed E-state index contributed by atoms with van der Waals surface area (Å²) in [7, 11) is 2.27. The van der Waals surface area contributed by atoms with E-state index in [2.05, 4.69) is 50.1 Å². The van der Waals surface area contributed by atoms with E-state index in [-0.39, 0.29) is 0 Å². The summed E-state index contributed by atoms with van der Waals surface area (Å²) in [4.78, 5) is 2.46. The first kappa shape index (κ1) is 37.0. The van der Waals surface area contributed by atoms with Crippen LogP contribution in [0.3, 0.4) is 0 Å². The summed E-state index contributed by atoms with van der Waals surface area (Å²) in [6.07, 6.45) is 41.5. The van der Waals surface area contributed by atoms with Crippen LogP contribution in [0, 0.1) is 0 Å². The molecule has 0 saturated heterocycles. The summed E-state index contributed by atoms with van der Waals surface area (Å²) in [6, 6.07) is 9.45. The van der Waals surface area contributed by atoms with Crippen LogP contribution in [-0.4, -0.2) is 13.6 Å². The summed E-state index contributed by atoms with van der Waals surface area (Å²) in [5.74, 6) is 0. The Morgan fingerprint density at radius 3 is 1.02 bits per heavy atom. The van der Waals surface area contributed by atoms with Crippen LogP contribution < -0.4 is 4.90 Å². The second-order valence-electron chi connectivity index (χ2n) is 13.0. The lowest BCUT2D eigenvalue weighted by atomic mass is 10.0. The van der Waals surface area contributed by atoms with E-state index in [0.29, 0.717) is 0 Å². The van der Waals surface area contributed by atoms with E-state index in [1.807, 2.05) is 0 Å². The zero-order valence-electron chi connectivity index (χ0n) is 28.0. The molecule has 1 rings (SSSR count). The lowest BCUT2D eigenvalue weighted by Gasteiger charge is -2.19. The standard InChI is InChI=1S/C39H73N/c1-4-6-8-10-12-14-16-18-19-20-21-23-25-27-29-31-37-40(3)39-35-33-38(34-36-39)32-30-28-26-24-22-17-15-13-11-9-7-5-2/h33-36H,4-32,37H2,1-3H3. The van der Waals surface area contributed by atoms with E-state index >= 15 is 0 Å². The molecule has 1 aromatic rings. The van der Waals surface area contributed by atoms with Gasteiger partial charge < -0.3 is 4.90 Å². The summed E-state index contributed by atoms with van der Waals surface area (Å²) >= 11 is 0. The van der Waals surface area contributed by atoms with Gasteiger partial charge in [0.05, 0.1) is 0 Å². The van der Waals surface area contributed by atoms with E-state index in [0.717, 1.165) is 0 Å². The molecule has 0 aliphatic carbocycles. The molecule has 1 nitrogen and oxygen atoms in total. The van der Waals surface area contributed by atoms with E-state index in [1.54, 1.807) is 0 Å². The molecule has 0 spiro atoms. The van der Waals surface area contributed by atoms with Gasteiger partial charge in [-0.3, -0.25) is 0 Å². The number of hydrogen-bond donors (Lipinski definition) is 0. The number of aryl methyl sites for hydroxylation is 1. The number of anilines is 1. The molecule has 0 heterocycles. The van der Waals surface area contributed by atoms with Crippen molar-refractivity contribution < 1.29 is 0 Å². The lowest BCUT2D eigenvalue weighted by Crippen LogP contribution is -2.18. The van der Waals surface area contributed by atoms with Crippen molar-refractivity contribution in [2.75, 3.05) is 18.5 Å². The van der Waals surface area contributed by atoms with Crippen molar-refractivity contribution in [3.63, 3.8) is 0 Å². The molecule has 0 unspecified atom stereocenters. The molecular weight excluding hydrogens is 482 g/mol. The van der Waals surface area contributed by atoms with Crippen LogP contribution in [0.15, 0.2) is 24.3 Å². The maximum Gasteiger partial charge on any atom is 0.0363 e. The fraction of sp³-hybridized carbons (Fsp3) is 0.846. The Bertz CT molecular complexity index is 606. The minimum atomic E-state index is 1.19. The van der Waals surface area contributed by atoms with Crippen LogP contribution in [0.1, 0.15) is 199 Å². The Morgan fingerprint density at radius 1 is 0.375 bits per heavy atom. The number of unbranched alkanes of at least 4 members (excludes halogenated alkanes) is 26. The van der Waals surface area contributed by atoms with Gasteiger partial charge in [-0.05, 0) is 37.0 Å². The Labute approximate surface area is 253 Å². The summed E-state index contributed by atoms with van der Waals surface area (Å²) in [5.41, 5.74) is 2.91. The van der Waals surface area contributed by atoms with Gasteiger partial charge in [-0.15, -0.1) is 0 Å². The Kier molecular flexibility index (Phi) is 27.3. The van der Waals surface area contributed by atoms with Crippen molar-refractivity contribution in [3.05, 3.63) is 29.8 Å². The van der Waals surface area contributed by atoms with Gasteiger partial charge >= 0.3 is 0 Å². The monoisotopic (exact) mass is 556 g/mol. The van der Waals surface area contributed by atoms with E-state index in [9.17, 15) is 0 Å². The normalized spacial score (nSPS) is 11.4. The van der Waals surface area contributed by atoms with Gasteiger partial charge in [0.15, 0.2) is 0 Å². The van der Waals surface area contributed by atoms with Gasteiger partial charge in [-0.2, -0.15) is 0 Å². The molecule has 1 aromatic carbocycles. The molecule has 0 N–H and O–H groups in total. The van der Waals surface area contributed by atoms with E-state index in [1.165, 1.54) is 204 Å². The first-order chi connectivity index (χ1) is 19.8. The van der Waals surface area contributed by atoms with Gasteiger partial charge in [0, 0.05) is 19.3 Å².